The molecule has 2 saturated heterocycles. The minimum Gasteiger partial charge on any atom is -0.339 e. The summed E-state index contributed by atoms with van der Waals surface area (Å²) in [5.74, 6) is -0.376. The molecule has 0 spiro atoms. The van der Waals surface area contributed by atoms with E-state index in [9.17, 15) is 14.4 Å². The Morgan fingerprint density at radius 1 is 0.886 bits per heavy atom. The number of piperazine rings is 1. The van der Waals surface area contributed by atoms with Gasteiger partial charge in [-0.05, 0) is 30.5 Å². The largest absolute Gasteiger partial charge is 0.339 e. The van der Waals surface area contributed by atoms with Gasteiger partial charge >= 0.3 is 6.03 Å². The van der Waals surface area contributed by atoms with Crippen LogP contribution in [0, 0.1) is 5.92 Å². The van der Waals surface area contributed by atoms with E-state index in [1.165, 1.54) is 10.5 Å². The minimum absolute atomic E-state index is 0.0188. The molecule has 2 fully saturated rings. The molecule has 2 heterocycles. The predicted molar refractivity (Wildman–Crippen MR) is 136 cm³/mol. The molecule has 0 aromatic heterocycles. The van der Waals surface area contributed by atoms with Crippen molar-refractivity contribution in [2.45, 2.75) is 19.4 Å². The van der Waals surface area contributed by atoms with Gasteiger partial charge in [0.1, 0.15) is 0 Å². The average molecular weight is 478 g/mol. The summed E-state index contributed by atoms with van der Waals surface area (Å²) in [6.45, 7) is 4.95. The molecule has 2 aliphatic heterocycles. The fraction of sp³-hybridized carbons (Fsp3) is 0.444. The smallest absolute Gasteiger partial charge is 0.321 e. The van der Waals surface area contributed by atoms with E-state index in [-0.39, 0.29) is 30.3 Å². The Morgan fingerprint density at radius 3 is 2.23 bits per heavy atom. The van der Waals surface area contributed by atoms with Crippen molar-refractivity contribution >= 4 is 23.5 Å². The lowest BCUT2D eigenvalue weighted by atomic mass is 9.97. The van der Waals surface area contributed by atoms with Gasteiger partial charge in [0.2, 0.25) is 11.8 Å². The first kappa shape index (κ1) is 24.7. The quantitative estimate of drug-likeness (QED) is 0.694. The van der Waals surface area contributed by atoms with E-state index in [4.69, 9.17) is 0 Å². The second kappa shape index (κ2) is 11.8. The summed E-state index contributed by atoms with van der Waals surface area (Å²) in [5, 5.41) is 2.89. The van der Waals surface area contributed by atoms with Gasteiger partial charge in [0.05, 0.1) is 12.5 Å². The third-order valence-electron chi connectivity index (χ3n) is 6.81. The molecular formula is C27H35N5O3. The van der Waals surface area contributed by atoms with Gasteiger partial charge in [0.25, 0.3) is 0 Å². The zero-order valence-corrected chi connectivity index (χ0v) is 20.4. The van der Waals surface area contributed by atoms with Gasteiger partial charge in [0.15, 0.2) is 0 Å². The molecule has 1 N–H and O–H groups in total. The molecule has 4 rings (SSSR count). The first-order chi connectivity index (χ1) is 17.0. The van der Waals surface area contributed by atoms with Crippen LogP contribution in [0.1, 0.15) is 18.4 Å². The van der Waals surface area contributed by atoms with Crippen LogP contribution >= 0.6 is 0 Å². The van der Waals surface area contributed by atoms with E-state index >= 15 is 0 Å². The van der Waals surface area contributed by atoms with Crippen molar-refractivity contribution < 1.29 is 14.4 Å². The maximum Gasteiger partial charge on any atom is 0.321 e. The van der Waals surface area contributed by atoms with Crippen molar-refractivity contribution in [3.05, 3.63) is 66.2 Å². The van der Waals surface area contributed by atoms with Crippen molar-refractivity contribution in [1.82, 2.24) is 19.6 Å². The molecule has 4 amide bonds. The van der Waals surface area contributed by atoms with Gasteiger partial charge in [-0.25, -0.2) is 4.79 Å². The lowest BCUT2D eigenvalue weighted by Gasteiger charge is -2.36. The summed E-state index contributed by atoms with van der Waals surface area (Å²) in [4.78, 5) is 46.0. The number of urea groups is 1. The number of para-hydroxylation sites is 1. The number of hydrogen-bond donors (Lipinski definition) is 1. The summed E-state index contributed by atoms with van der Waals surface area (Å²) < 4.78 is 0. The van der Waals surface area contributed by atoms with Crippen molar-refractivity contribution in [3.63, 3.8) is 0 Å². The first-order valence-electron chi connectivity index (χ1n) is 12.4. The minimum atomic E-state index is -0.286. The molecule has 8 heteroatoms. The summed E-state index contributed by atoms with van der Waals surface area (Å²) in [6, 6.07) is 19.5. The highest BCUT2D eigenvalue weighted by atomic mass is 16.2. The van der Waals surface area contributed by atoms with Gasteiger partial charge in [0, 0.05) is 58.5 Å². The summed E-state index contributed by atoms with van der Waals surface area (Å²) in [6.07, 6.45) is 1.49. The number of rotatable bonds is 6. The highest BCUT2D eigenvalue weighted by Crippen LogP contribution is 2.20. The number of benzene rings is 2. The van der Waals surface area contributed by atoms with Crippen LogP contribution in [0.2, 0.25) is 0 Å². The molecular weight excluding hydrogens is 442 g/mol. The summed E-state index contributed by atoms with van der Waals surface area (Å²) in [7, 11) is 1.69. The summed E-state index contributed by atoms with van der Waals surface area (Å²) in [5.41, 5.74) is 2.01. The van der Waals surface area contributed by atoms with E-state index in [1.807, 2.05) is 53.4 Å². The number of likely N-dealkylation sites (N-methyl/N-ethyl adjacent to an activating group) is 1. The Morgan fingerprint density at radius 2 is 1.54 bits per heavy atom. The monoisotopic (exact) mass is 477 g/mol. The molecule has 8 nitrogen and oxygen atoms in total. The Bertz CT molecular complexity index is 992. The zero-order chi connectivity index (χ0) is 24.6. The number of amides is 4. The van der Waals surface area contributed by atoms with Crippen LogP contribution in [0.4, 0.5) is 10.5 Å². The lowest BCUT2D eigenvalue weighted by Crippen LogP contribution is -2.52. The molecule has 35 heavy (non-hydrogen) atoms. The molecule has 2 aliphatic rings. The Kier molecular flexibility index (Phi) is 8.36. The number of hydrogen-bond acceptors (Lipinski definition) is 4. The normalized spacial score (nSPS) is 18.7. The molecule has 1 atom stereocenters. The second-order valence-electron chi connectivity index (χ2n) is 9.42. The maximum absolute atomic E-state index is 13.1. The first-order valence-corrected chi connectivity index (χ1v) is 12.4. The number of likely N-dealkylation sites (tertiary alicyclic amines) is 1. The third-order valence-corrected chi connectivity index (χ3v) is 6.81. The fourth-order valence-electron chi connectivity index (χ4n) is 4.78. The molecule has 0 saturated carbocycles. The van der Waals surface area contributed by atoms with Gasteiger partial charge in [-0.3, -0.25) is 14.5 Å². The van der Waals surface area contributed by atoms with Crippen LogP contribution in [-0.4, -0.2) is 90.3 Å². The molecule has 1 unspecified atom stereocenters. The van der Waals surface area contributed by atoms with E-state index in [2.05, 4.69) is 22.3 Å². The number of nitrogens with one attached hydrogen (secondary N) is 1. The highest BCUT2D eigenvalue weighted by molar-refractivity contribution is 5.90. The number of piperidine rings is 1. The molecule has 2 aromatic rings. The molecule has 0 aliphatic carbocycles. The average Bonchev–Trinajstić information content (AvgIpc) is 2.90. The van der Waals surface area contributed by atoms with Crippen LogP contribution in [0.25, 0.3) is 0 Å². The zero-order valence-electron chi connectivity index (χ0n) is 20.4. The highest BCUT2D eigenvalue weighted by Gasteiger charge is 2.31. The van der Waals surface area contributed by atoms with Gasteiger partial charge in [-0.1, -0.05) is 48.5 Å². The van der Waals surface area contributed by atoms with E-state index < -0.39 is 0 Å². The van der Waals surface area contributed by atoms with E-state index in [0.29, 0.717) is 26.2 Å². The van der Waals surface area contributed by atoms with Crippen LogP contribution in [0.3, 0.4) is 0 Å². The molecule has 2 aromatic carbocycles. The van der Waals surface area contributed by atoms with Gasteiger partial charge in [-0.15, -0.1) is 0 Å². The van der Waals surface area contributed by atoms with Crippen LogP contribution < -0.4 is 5.32 Å². The maximum atomic E-state index is 13.1. The van der Waals surface area contributed by atoms with Crippen molar-refractivity contribution in [1.29, 1.82) is 0 Å². The van der Waals surface area contributed by atoms with Crippen LogP contribution in [0.5, 0.6) is 0 Å². The van der Waals surface area contributed by atoms with Crippen LogP contribution in [0.15, 0.2) is 60.7 Å². The summed E-state index contributed by atoms with van der Waals surface area (Å²) >= 11 is 0. The lowest BCUT2D eigenvalue weighted by molar-refractivity contribution is -0.143. The fourth-order valence-corrected chi connectivity index (χ4v) is 4.78. The Hall–Kier alpha value is -3.39. The number of anilines is 1. The number of carbonyl (C=O) groups is 3. The van der Waals surface area contributed by atoms with Gasteiger partial charge in [-0.2, -0.15) is 0 Å². The topological polar surface area (TPSA) is 76.2 Å². The Balaban J connectivity index is 1.22. The van der Waals surface area contributed by atoms with Crippen LogP contribution in [-0.2, 0) is 16.1 Å². The van der Waals surface area contributed by atoms with Crippen molar-refractivity contribution in [2.24, 2.45) is 5.92 Å². The van der Waals surface area contributed by atoms with Crippen molar-refractivity contribution in [3.8, 4) is 0 Å². The van der Waals surface area contributed by atoms with E-state index in [0.717, 1.165) is 38.2 Å². The SMILES string of the molecule is CN(CC(=O)N1CCN(Cc2ccccc2)CC1)C(=O)C1CCCN(C(=O)Nc2ccccc2)C1. The third kappa shape index (κ3) is 6.82. The Labute approximate surface area is 207 Å². The number of nitrogens with zero attached hydrogens (tertiary/aromatic N) is 4. The predicted octanol–water partition coefficient (Wildman–Crippen LogP) is 2.73. The molecule has 0 bridgehead atoms. The molecule has 0 radical (unpaired) electrons. The standard InChI is InChI=1S/C27H35N5O3/c1-29(21-25(33)31-17-15-30(16-18-31)19-22-9-4-2-5-10-22)26(34)23-11-8-14-32(20-23)27(35)28-24-12-6-3-7-13-24/h2-7,9-10,12-13,23H,8,11,14-21H2,1H3,(H,28,35). The van der Waals surface area contributed by atoms with Gasteiger partial charge < -0.3 is 20.0 Å². The second-order valence-corrected chi connectivity index (χ2v) is 9.42. The van der Waals surface area contributed by atoms with E-state index in [1.54, 1.807) is 11.9 Å². The number of carbonyl (C=O) groups excluding carboxylic acids is 3. The molecule has 186 valence electrons. The van der Waals surface area contributed by atoms with Crippen molar-refractivity contribution in [2.75, 3.05) is 58.2 Å².